The fourth-order valence-electron chi connectivity index (χ4n) is 4.43. The normalized spacial score (nSPS) is 29.1. The summed E-state index contributed by atoms with van der Waals surface area (Å²) in [5, 5.41) is 6.28. The summed E-state index contributed by atoms with van der Waals surface area (Å²) in [4.78, 5) is 2.72. The second-order valence-corrected chi connectivity index (χ2v) is 6.67. The van der Waals surface area contributed by atoms with Gasteiger partial charge >= 0.3 is 0 Å². The average molecular weight is 280 g/mol. The Labute approximate surface area is 127 Å². The molecule has 2 nitrogen and oxygen atoms in total. The van der Waals surface area contributed by atoms with Gasteiger partial charge in [0.1, 0.15) is 0 Å². The van der Waals surface area contributed by atoms with Gasteiger partial charge in [0.25, 0.3) is 0 Å². The van der Waals surface area contributed by atoms with E-state index in [4.69, 9.17) is 0 Å². The lowest BCUT2D eigenvalue weighted by molar-refractivity contribution is 0.210. The van der Waals surface area contributed by atoms with Crippen LogP contribution in [0.4, 0.5) is 0 Å². The Kier molecular flexibility index (Phi) is 3.44. The lowest BCUT2D eigenvalue weighted by Gasteiger charge is -2.27. The zero-order valence-electron chi connectivity index (χ0n) is 12.8. The van der Waals surface area contributed by atoms with Crippen LogP contribution in [-0.2, 0) is 6.54 Å². The summed E-state index contributed by atoms with van der Waals surface area (Å²) in [5.41, 5.74) is 1.46. The van der Waals surface area contributed by atoms with Crippen molar-refractivity contribution < 1.29 is 0 Å². The average Bonchev–Trinajstić information content (AvgIpc) is 3.07. The van der Waals surface area contributed by atoms with Gasteiger partial charge in [-0.3, -0.25) is 4.90 Å². The zero-order chi connectivity index (χ0) is 14.2. The van der Waals surface area contributed by atoms with Gasteiger partial charge in [-0.1, -0.05) is 43.3 Å². The number of fused-ring (bicyclic) bond motifs is 2. The third-order valence-corrected chi connectivity index (χ3v) is 5.44. The van der Waals surface area contributed by atoms with Gasteiger partial charge in [0, 0.05) is 19.1 Å². The first-order valence-corrected chi connectivity index (χ1v) is 8.27. The van der Waals surface area contributed by atoms with E-state index in [9.17, 15) is 0 Å². The quantitative estimate of drug-likeness (QED) is 0.928. The molecule has 0 radical (unpaired) electrons. The smallest absolute Gasteiger partial charge is 0.0237 e. The SMILES string of the molecule is CCC1C2CNCC2CN1Cc1ccc2ccccc2c1. The Morgan fingerprint density at radius 1 is 1.10 bits per heavy atom. The Morgan fingerprint density at radius 3 is 2.81 bits per heavy atom. The molecule has 0 saturated carbocycles. The second-order valence-electron chi connectivity index (χ2n) is 6.67. The molecular weight excluding hydrogens is 256 g/mol. The van der Waals surface area contributed by atoms with Crippen LogP contribution in [0.3, 0.4) is 0 Å². The molecule has 3 unspecified atom stereocenters. The Morgan fingerprint density at radius 2 is 1.95 bits per heavy atom. The molecule has 0 spiro atoms. The van der Waals surface area contributed by atoms with E-state index in [1.54, 1.807) is 0 Å². The molecule has 21 heavy (non-hydrogen) atoms. The largest absolute Gasteiger partial charge is 0.316 e. The van der Waals surface area contributed by atoms with Gasteiger partial charge < -0.3 is 5.32 Å². The van der Waals surface area contributed by atoms with Crippen molar-refractivity contribution in [3.8, 4) is 0 Å². The highest BCUT2D eigenvalue weighted by molar-refractivity contribution is 5.82. The maximum atomic E-state index is 3.57. The summed E-state index contributed by atoms with van der Waals surface area (Å²) in [5.74, 6) is 1.74. The van der Waals surface area contributed by atoms with Crippen LogP contribution in [0.25, 0.3) is 10.8 Å². The van der Waals surface area contributed by atoms with Crippen LogP contribution >= 0.6 is 0 Å². The van der Waals surface area contributed by atoms with E-state index in [-0.39, 0.29) is 0 Å². The molecule has 2 saturated heterocycles. The van der Waals surface area contributed by atoms with Crippen LogP contribution in [-0.4, -0.2) is 30.6 Å². The van der Waals surface area contributed by atoms with Gasteiger partial charge in [0.15, 0.2) is 0 Å². The number of nitrogens with one attached hydrogen (secondary N) is 1. The maximum absolute atomic E-state index is 3.57. The highest BCUT2D eigenvalue weighted by Gasteiger charge is 2.42. The van der Waals surface area contributed by atoms with Gasteiger partial charge in [-0.2, -0.15) is 0 Å². The lowest BCUT2D eigenvalue weighted by atomic mass is 9.93. The molecule has 0 bridgehead atoms. The van der Waals surface area contributed by atoms with E-state index >= 15 is 0 Å². The van der Waals surface area contributed by atoms with Gasteiger partial charge in [-0.15, -0.1) is 0 Å². The summed E-state index contributed by atoms with van der Waals surface area (Å²) >= 11 is 0. The Hall–Kier alpha value is -1.38. The van der Waals surface area contributed by atoms with E-state index in [1.165, 1.54) is 42.4 Å². The molecule has 2 heteroatoms. The molecule has 1 N–H and O–H groups in total. The van der Waals surface area contributed by atoms with E-state index in [0.29, 0.717) is 0 Å². The highest BCUT2D eigenvalue weighted by atomic mass is 15.2. The molecular formula is C19H24N2. The van der Waals surface area contributed by atoms with Crippen LogP contribution in [0.5, 0.6) is 0 Å². The van der Waals surface area contributed by atoms with Gasteiger partial charge in [-0.05, 0) is 53.7 Å². The number of hydrogen-bond donors (Lipinski definition) is 1. The molecule has 2 aliphatic rings. The van der Waals surface area contributed by atoms with Crippen molar-refractivity contribution in [2.75, 3.05) is 19.6 Å². The third kappa shape index (κ3) is 2.37. The highest BCUT2D eigenvalue weighted by Crippen LogP contribution is 2.35. The number of hydrogen-bond acceptors (Lipinski definition) is 2. The van der Waals surface area contributed by atoms with Crippen LogP contribution < -0.4 is 5.32 Å². The van der Waals surface area contributed by atoms with E-state index in [0.717, 1.165) is 24.4 Å². The van der Waals surface area contributed by atoms with Crippen LogP contribution in [0.2, 0.25) is 0 Å². The van der Waals surface area contributed by atoms with Gasteiger partial charge in [0.05, 0.1) is 0 Å². The fourth-order valence-corrected chi connectivity index (χ4v) is 4.43. The molecule has 0 aliphatic carbocycles. The van der Waals surface area contributed by atoms with Gasteiger partial charge in [0.2, 0.25) is 0 Å². The topological polar surface area (TPSA) is 15.3 Å². The molecule has 110 valence electrons. The minimum absolute atomic E-state index is 0.761. The number of benzene rings is 2. The standard InChI is InChI=1S/C19H24N2/c1-2-19-18-11-20-10-17(18)13-21(19)12-14-7-8-15-5-3-4-6-16(15)9-14/h3-9,17-20H,2,10-13H2,1H3. The third-order valence-electron chi connectivity index (χ3n) is 5.44. The summed E-state index contributed by atoms with van der Waals surface area (Å²) in [6.07, 6.45) is 1.27. The van der Waals surface area contributed by atoms with E-state index < -0.39 is 0 Å². The van der Waals surface area contributed by atoms with Crippen molar-refractivity contribution in [2.45, 2.75) is 25.9 Å². The number of nitrogens with zero attached hydrogens (tertiary/aromatic N) is 1. The Bertz CT molecular complexity index is 636. The maximum Gasteiger partial charge on any atom is 0.0237 e. The minimum atomic E-state index is 0.761. The van der Waals surface area contributed by atoms with Crippen LogP contribution in [0.1, 0.15) is 18.9 Å². The molecule has 4 rings (SSSR count). The minimum Gasteiger partial charge on any atom is -0.316 e. The molecule has 2 aliphatic heterocycles. The first kappa shape index (κ1) is 13.3. The number of rotatable bonds is 3. The molecule has 0 aromatic heterocycles. The molecule has 2 heterocycles. The second kappa shape index (κ2) is 5.43. The molecule has 3 atom stereocenters. The first-order valence-electron chi connectivity index (χ1n) is 8.27. The molecule has 2 aromatic rings. The van der Waals surface area contributed by atoms with Crippen molar-refractivity contribution in [3.63, 3.8) is 0 Å². The van der Waals surface area contributed by atoms with E-state index in [1.807, 2.05) is 0 Å². The van der Waals surface area contributed by atoms with Crippen LogP contribution in [0.15, 0.2) is 42.5 Å². The summed E-state index contributed by atoms with van der Waals surface area (Å²) in [6.45, 7) is 7.16. The van der Waals surface area contributed by atoms with Crippen molar-refractivity contribution in [2.24, 2.45) is 11.8 Å². The van der Waals surface area contributed by atoms with Crippen LogP contribution in [0, 0.1) is 11.8 Å². The van der Waals surface area contributed by atoms with Crippen molar-refractivity contribution in [3.05, 3.63) is 48.0 Å². The van der Waals surface area contributed by atoms with Gasteiger partial charge in [-0.25, -0.2) is 0 Å². The zero-order valence-corrected chi connectivity index (χ0v) is 12.8. The van der Waals surface area contributed by atoms with E-state index in [2.05, 4.69) is 59.6 Å². The summed E-state index contributed by atoms with van der Waals surface area (Å²) in [7, 11) is 0. The lowest BCUT2D eigenvalue weighted by Crippen LogP contribution is -2.34. The first-order chi connectivity index (χ1) is 10.3. The predicted molar refractivity (Wildman–Crippen MR) is 88.3 cm³/mol. The van der Waals surface area contributed by atoms with Crippen molar-refractivity contribution in [1.29, 1.82) is 0 Å². The number of likely N-dealkylation sites (tertiary alicyclic amines) is 1. The summed E-state index contributed by atoms with van der Waals surface area (Å²) < 4.78 is 0. The molecule has 0 amide bonds. The molecule has 2 aromatic carbocycles. The molecule has 2 fully saturated rings. The van der Waals surface area contributed by atoms with Crippen molar-refractivity contribution in [1.82, 2.24) is 10.2 Å². The Balaban J connectivity index is 1.56. The fraction of sp³-hybridized carbons (Fsp3) is 0.474. The predicted octanol–water partition coefficient (Wildman–Crippen LogP) is 3.27. The monoisotopic (exact) mass is 280 g/mol. The van der Waals surface area contributed by atoms with Crippen molar-refractivity contribution >= 4 is 10.8 Å². The summed E-state index contributed by atoms with van der Waals surface area (Å²) in [6, 6.07) is 16.4.